The fraction of sp³-hybridized carbons (Fsp3) is 0.357. The van der Waals surface area contributed by atoms with E-state index in [1.165, 1.54) is 17.0 Å². The maximum absolute atomic E-state index is 13.9. The van der Waals surface area contributed by atoms with Gasteiger partial charge in [-0.25, -0.2) is 14.0 Å². The van der Waals surface area contributed by atoms with Crippen LogP contribution in [0.25, 0.3) is 0 Å². The molecule has 1 aromatic rings. The van der Waals surface area contributed by atoms with Crippen LogP contribution in [0.3, 0.4) is 0 Å². The minimum Gasteiger partial charge on any atom is -0.481 e. The highest BCUT2D eigenvalue weighted by molar-refractivity contribution is 5.95. The minimum absolute atomic E-state index is 0.0241. The van der Waals surface area contributed by atoms with Crippen LogP contribution in [0.5, 0.6) is 0 Å². The van der Waals surface area contributed by atoms with E-state index in [1.54, 1.807) is 0 Å². The number of halogens is 1. The number of carbonyl (C=O) groups excluding carboxylic acids is 2. The molecule has 0 aliphatic carbocycles. The summed E-state index contributed by atoms with van der Waals surface area (Å²) in [6, 6.07) is 2.88. The summed E-state index contributed by atoms with van der Waals surface area (Å²) in [6.45, 7) is 0.904. The number of rotatable bonds is 5. The molecule has 1 aliphatic rings. The van der Waals surface area contributed by atoms with Crippen molar-refractivity contribution in [1.29, 1.82) is 0 Å². The Balaban J connectivity index is 2.03. The van der Waals surface area contributed by atoms with Gasteiger partial charge in [0.15, 0.2) is 0 Å². The molecular formula is C14H17FN4O4. The number of anilines is 2. The molecule has 0 atom stereocenters. The average Bonchev–Trinajstić information content (AvgIpc) is 2.49. The Kier molecular flexibility index (Phi) is 5.34. The third-order valence-corrected chi connectivity index (χ3v) is 3.20. The fourth-order valence-electron chi connectivity index (χ4n) is 2.11. The number of carboxylic acids is 1. The summed E-state index contributed by atoms with van der Waals surface area (Å²) >= 11 is 0. The van der Waals surface area contributed by atoms with Crippen LogP contribution in [-0.2, 0) is 4.79 Å². The van der Waals surface area contributed by atoms with Gasteiger partial charge in [0.2, 0.25) is 0 Å². The molecule has 1 aliphatic heterocycles. The van der Waals surface area contributed by atoms with Crippen molar-refractivity contribution < 1.29 is 23.9 Å². The lowest BCUT2D eigenvalue weighted by molar-refractivity contribution is -0.136. The number of hydrogen-bond donors (Lipinski definition) is 4. The summed E-state index contributed by atoms with van der Waals surface area (Å²) in [5.74, 6) is -1.59. The summed E-state index contributed by atoms with van der Waals surface area (Å²) in [4.78, 5) is 35.0. The topological polar surface area (TPSA) is 111 Å². The van der Waals surface area contributed by atoms with Crippen LogP contribution in [0.1, 0.15) is 12.8 Å². The smallest absolute Gasteiger partial charge is 0.321 e. The number of hydrogen-bond acceptors (Lipinski definition) is 3. The van der Waals surface area contributed by atoms with Gasteiger partial charge in [-0.1, -0.05) is 0 Å². The van der Waals surface area contributed by atoms with Gasteiger partial charge < -0.3 is 21.1 Å². The van der Waals surface area contributed by atoms with Crippen LogP contribution in [-0.4, -0.2) is 42.8 Å². The summed E-state index contributed by atoms with van der Waals surface area (Å²) in [5, 5.41) is 16.0. The lowest BCUT2D eigenvalue weighted by Gasteiger charge is -2.28. The van der Waals surface area contributed by atoms with Gasteiger partial charge in [0.1, 0.15) is 5.82 Å². The molecule has 4 amide bonds. The molecule has 1 heterocycles. The Bertz CT molecular complexity index is 623. The SMILES string of the molecule is O=C(O)CCNC(=O)Nc1ccc(F)c(N2CCCNC2=O)c1. The van der Waals surface area contributed by atoms with E-state index in [-0.39, 0.29) is 18.7 Å². The maximum Gasteiger partial charge on any atom is 0.321 e. The average molecular weight is 324 g/mol. The highest BCUT2D eigenvalue weighted by Crippen LogP contribution is 2.25. The highest BCUT2D eigenvalue weighted by atomic mass is 19.1. The van der Waals surface area contributed by atoms with Gasteiger partial charge in [-0.15, -0.1) is 0 Å². The van der Waals surface area contributed by atoms with Crippen LogP contribution >= 0.6 is 0 Å². The largest absolute Gasteiger partial charge is 0.481 e. The first-order chi connectivity index (χ1) is 11.0. The Hall–Kier alpha value is -2.84. The number of carboxylic acid groups (broad SMARTS) is 1. The van der Waals surface area contributed by atoms with E-state index in [9.17, 15) is 18.8 Å². The first-order valence-corrected chi connectivity index (χ1v) is 7.09. The zero-order valence-electron chi connectivity index (χ0n) is 12.3. The minimum atomic E-state index is -1.02. The van der Waals surface area contributed by atoms with Gasteiger partial charge in [-0.2, -0.15) is 0 Å². The van der Waals surface area contributed by atoms with Gasteiger partial charge in [0.05, 0.1) is 12.1 Å². The van der Waals surface area contributed by atoms with E-state index < -0.39 is 23.8 Å². The van der Waals surface area contributed by atoms with E-state index >= 15 is 0 Å². The van der Waals surface area contributed by atoms with Crippen molar-refractivity contribution in [3.8, 4) is 0 Å². The summed E-state index contributed by atoms with van der Waals surface area (Å²) in [7, 11) is 0. The van der Waals surface area contributed by atoms with E-state index in [2.05, 4.69) is 16.0 Å². The first kappa shape index (κ1) is 16.5. The highest BCUT2D eigenvalue weighted by Gasteiger charge is 2.22. The number of carbonyl (C=O) groups is 3. The van der Waals surface area contributed by atoms with Gasteiger partial charge in [-0.05, 0) is 24.6 Å². The molecule has 8 nitrogen and oxygen atoms in total. The third-order valence-electron chi connectivity index (χ3n) is 3.20. The van der Waals surface area contributed by atoms with E-state index in [1.807, 2.05) is 0 Å². The Morgan fingerprint density at radius 1 is 1.39 bits per heavy atom. The zero-order valence-corrected chi connectivity index (χ0v) is 12.3. The van der Waals surface area contributed by atoms with Crippen LogP contribution in [0, 0.1) is 5.82 Å². The van der Waals surface area contributed by atoms with Crippen molar-refractivity contribution in [2.45, 2.75) is 12.8 Å². The lowest BCUT2D eigenvalue weighted by Crippen LogP contribution is -2.46. The van der Waals surface area contributed by atoms with Crippen LogP contribution in [0.2, 0.25) is 0 Å². The standard InChI is InChI=1S/C14H17FN4O4/c15-10-3-2-9(18-13(22)16-6-4-12(20)21)8-11(10)19-7-1-5-17-14(19)23/h2-3,8H,1,4-7H2,(H,17,23)(H,20,21)(H2,16,18,22). The predicted octanol–water partition coefficient (Wildman–Crippen LogP) is 1.34. The first-order valence-electron chi connectivity index (χ1n) is 7.09. The molecule has 23 heavy (non-hydrogen) atoms. The van der Waals surface area contributed by atoms with Crippen molar-refractivity contribution in [1.82, 2.24) is 10.6 Å². The number of nitrogens with zero attached hydrogens (tertiary/aromatic N) is 1. The fourth-order valence-corrected chi connectivity index (χ4v) is 2.11. The quantitative estimate of drug-likeness (QED) is 0.655. The predicted molar refractivity (Wildman–Crippen MR) is 81.0 cm³/mol. The molecule has 0 radical (unpaired) electrons. The molecule has 0 aromatic heterocycles. The second-order valence-electron chi connectivity index (χ2n) is 4.93. The number of amides is 4. The molecule has 1 saturated heterocycles. The number of urea groups is 2. The molecule has 124 valence electrons. The van der Waals surface area contributed by atoms with Crippen molar-refractivity contribution in [2.24, 2.45) is 0 Å². The van der Waals surface area contributed by atoms with E-state index in [4.69, 9.17) is 5.11 Å². The molecule has 0 spiro atoms. The monoisotopic (exact) mass is 324 g/mol. The maximum atomic E-state index is 13.9. The molecule has 0 bridgehead atoms. The van der Waals surface area contributed by atoms with Gasteiger partial charge in [0, 0.05) is 25.3 Å². The number of benzene rings is 1. The zero-order chi connectivity index (χ0) is 16.8. The molecule has 4 N–H and O–H groups in total. The van der Waals surface area contributed by atoms with Crippen molar-refractivity contribution in [3.63, 3.8) is 0 Å². The van der Waals surface area contributed by atoms with Crippen molar-refractivity contribution in [2.75, 3.05) is 29.9 Å². The Morgan fingerprint density at radius 2 is 2.17 bits per heavy atom. The molecule has 2 rings (SSSR count). The van der Waals surface area contributed by atoms with Crippen LogP contribution < -0.4 is 20.9 Å². The Morgan fingerprint density at radius 3 is 2.87 bits per heavy atom. The lowest BCUT2D eigenvalue weighted by atomic mass is 10.2. The van der Waals surface area contributed by atoms with Crippen LogP contribution in [0.15, 0.2) is 18.2 Å². The molecule has 9 heteroatoms. The van der Waals surface area contributed by atoms with Gasteiger partial charge >= 0.3 is 18.0 Å². The van der Waals surface area contributed by atoms with Crippen LogP contribution in [0.4, 0.5) is 25.4 Å². The molecule has 0 saturated carbocycles. The summed E-state index contributed by atoms with van der Waals surface area (Å²) in [6.07, 6.45) is 0.495. The van der Waals surface area contributed by atoms with E-state index in [0.717, 1.165) is 6.07 Å². The van der Waals surface area contributed by atoms with Crippen molar-refractivity contribution in [3.05, 3.63) is 24.0 Å². The van der Waals surface area contributed by atoms with E-state index in [0.29, 0.717) is 25.2 Å². The number of nitrogens with one attached hydrogen (secondary N) is 3. The van der Waals surface area contributed by atoms with Gasteiger partial charge in [-0.3, -0.25) is 9.69 Å². The molecular weight excluding hydrogens is 307 g/mol. The van der Waals surface area contributed by atoms with Gasteiger partial charge in [0.25, 0.3) is 0 Å². The molecule has 0 unspecified atom stereocenters. The summed E-state index contributed by atoms with van der Waals surface area (Å²) < 4.78 is 13.9. The number of aliphatic carboxylic acids is 1. The molecule has 1 fully saturated rings. The summed E-state index contributed by atoms with van der Waals surface area (Å²) in [5.41, 5.74) is 0.373. The normalized spacial score (nSPS) is 14.1. The molecule has 1 aromatic carbocycles. The second-order valence-corrected chi connectivity index (χ2v) is 4.93. The van der Waals surface area contributed by atoms with Crippen molar-refractivity contribution >= 4 is 29.4 Å². The second kappa shape index (κ2) is 7.43. The third kappa shape index (κ3) is 4.56. The Labute approximate surface area is 131 Å².